The molecule has 0 spiro atoms. The van der Waals surface area contributed by atoms with E-state index in [1.165, 1.54) is 11.3 Å². The van der Waals surface area contributed by atoms with Gasteiger partial charge in [0.15, 0.2) is 0 Å². The van der Waals surface area contributed by atoms with Crippen molar-refractivity contribution in [1.82, 2.24) is 10.2 Å². The van der Waals surface area contributed by atoms with E-state index in [4.69, 9.17) is 0 Å². The van der Waals surface area contributed by atoms with Gasteiger partial charge in [0.05, 0.1) is 4.92 Å². The van der Waals surface area contributed by atoms with Crippen molar-refractivity contribution in [2.75, 3.05) is 5.32 Å². The van der Waals surface area contributed by atoms with Crippen molar-refractivity contribution in [2.45, 2.75) is 13.5 Å². The third kappa shape index (κ3) is 2.52. The quantitative estimate of drug-likeness (QED) is 0.671. The van der Waals surface area contributed by atoms with Gasteiger partial charge in [0.2, 0.25) is 5.13 Å². The van der Waals surface area contributed by atoms with Crippen molar-refractivity contribution in [1.29, 1.82) is 0 Å². The molecule has 0 radical (unpaired) electrons. The molecule has 0 atom stereocenters. The molecule has 0 aliphatic carbocycles. The van der Waals surface area contributed by atoms with E-state index in [1.54, 1.807) is 11.4 Å². The first-order chi connectivity index (χ1) is 7.65. The van der Waals surface area contributed by atoms with Gasteiger partial charge in [-0.15, -0.1) is 10.2 Å². The largest absolute Gasteiger partial charge is 0.356 e. The summed E-state index contributed by atoms with van der Waals surface area (Å²) in [6.07, 6.45) is 0. The number of thiophene rings is 1. The number of nitrogens with one attached hydrogen (secondary N) is 1. The van der Waals surface area contributed by atoms with E-state index in [9.17, 15) is 10.1 Å². The van der Waals surface area contributed by atoms with Crippen LogP contribution in [0.25, 0.3) is 0 Å². The van der Waals surface area contributed by atoms with Crippen LogP contribution >= 0.6 is 22.7 Å². The van der Waals surface area contributed by atoms with E-state index in [2.05, 4.69) is 15.5 Å². The zero-order valence-electron chi connectivity index (χ0n) is 8.34. The molecule has 8 heteroatoms. The standard InChI is InChI=1S/C8H8N4O2S2/c1-5-10-11-8(16-5)9-3-6-2-7(12(13)14)15-4-6/h2,4H,3H2,1H3,(H,9,11). The highest BCUT2D eigenvalue weighted by Gasteiger charge is 2.09. The molecule has 84 valence electrons. The summed E-state index contributed by atoms with van der Waals surface area (Å²) < 4.78 is 0. The molecule has 0 aliphatic rings. The van der Waals surface area contributed by atoms with Crippen LogP contribution in [0.15, 0.2) is 11.4 Å². The summed E-state index contributed by atoms with van der Waals surface area (Å²) in [6.45, 7) is 2.40. The highest BCUT2D eigenvalue weighted by Crippen LogP contribution is 2.23. The number of aryl methyl sites for hydroxylation is 1. The number of nitro groups is 1. The molecule has 0 fully saturated rings. The van der Waals surface area contributed by atoms with Crippen LogP contribution in [-0.2, 0) is 6.54 Å². The lowest BCUT2D eigenvalue weighted by Crippen LogP contribution is -1.97. The molecule has 0 unspecified atom stereocenters. The van der Waals surface area contributed by atoms with Gasteiger partial charge in [-0.25, -0.2) is 0 Å². The fourth-order valence-electron chi connectivity index (χ4n) is 1.10. The zero-order valence-corrected chi connectivity index (χ0v) is 9.97. The fraction of sp³-hybridized carbons (Fsp3) is 0.250. The number of hydrogen-bond donors (Lipinski definition) is 1. The summed E-state index contributed by atoms with van der Waals surface area (Å²) in [7, 11) is 0. The third-order valence-corrected chi connectivity index (χ3v) is 3.52. The Bertz CT molecular complexity index is 508. The molecule has 0 saturated carbocycles. The summed E-state index contributed by atoms with van der Waals surface area (Å²) in [5.41, 5.74) is 0.879. The van der Waals surface area contributed by atoms with Crippen molar-refractivity contribution in [3.05, 3.63) is 32.1 Å². The summed E-state index contributed by atoms with van der Waals surface area (Å²) >= 11 is 2.58. The van der Waals surface area contributed by atoms with Gasteiger partial charge >= 0.3 is 5.00 Å². The molecule has 0 aromatic carbocycles. The molecular weight excluding hydrogens is 248 g/mol. The molecule has 6 nitrogen and oxygen atoms in total. The maximum absolute atomic E-state index is 10.5. The normalized spacial score (nSPS) is 10.3. The topological polar surface area (TPSA) is 81.0 Å². The minimum Gasteiger partial charge on any atom is -0.356 e. The Hall–Kier alpha value is -1.54. The Labute approximate surface area is 99.1 Å². The maximum Gasteiger partial charge on any atom is 0.324 e. The molecule has 0 saturated heterocycles. The molecular formula is C8H8N4O2S2. The first-order valence-corrected chi connectivity index (χ1v) is 6.10. The third-order valence-electron chi connectivity index (χ3n) is 1.79. The highest BCUT2D eigenvalue weighted by molar-refractivity contribution is 7.15. The van der Waals surface area contributed by atoms with Crippen LogP contribution in [0.2, 0.25) is 0 Å². The van der Waals surface area contributed by atoms with Crippen molar-refractivity contribution in [3.63, 3.8) is 0 Å². The number of aromatic nitrogens is 2. The number of rotatable bonds is 4. The second-order valence-electron chi connectivity index (χ2n) is 3.03. The summed E-state index contributed by atoms with van der Waals surface area (Å²) in [6, 6.07) is 1.56. The Balaban J connectivity index is 1.97. The number of nitrogens with zero attached hydrogens (tertiary/aromatic N) is 3. The van der Waals surface area contributed by atoms with Gasteiger partial charge in [0.25, 0.3) is 0 Å². The number of anilines is 1. The van der Waals surface area contributed by atoms with E-state index in [0.29, 0.717) is 6.54 Å². The molecule has 2 aromatic heterocycles. The molecule has 0 bridgehead atoms. The van der Waals surface area contributed by atoms with Gasteiger partial charge in [-0.3, -0.25) is 10.1 Å². The van der Waals surface area contributed by atoms with Crippen LogP contribution in [0.4, 0.5) is 10.1 Å². The second kappa shape index (κ2) is 4.54. The van der Waals surface area contributed by atoms with Gasteiger partial charge in [-0.05, 0) is 12.5 Å². The Kier molecular flexibility index (Phi) is 3.11. The second-order valence-corrected chi connectivity index (χ2v) is 5.10. The minimum absolute atomic E-state index is 0.158. The molecule has 2 heterocycles. The molecule has 0 amide bonds. The Morgan fingerprint density at radius 3 is 2.94 bits per heavy atom. The predicted octanol–water partition coefficient (Wildman–Crippen LogP) is 2.43. The predicted molar refractivity (Wildman–Crippen MR) is 62.9 cm³/mol. The first-order valence-electron chi connectivity index (χ1n) is 4.41. The van der Waals surface area contributed by atoms with Crippen LogP contribution in [0.5, 0.6) is 0 Å². The molecule has 0 aliphatic heterocycles. The molecule has 16 heavy (non-hydrogen) atoms. The van der Waals surface area contributed by atoms with Crippen molar-refractivity contribution in [2.24, 2.45) is 0 Å². The highest BCUT2D eigenvalue weighted by atomic mass is 32.1. The molecule has 1 N–H and O–H groups in total. The fourth-order valence-corrected chi connectivity index (χ4v) is 2.41. The van der Waals surface area contributed by atoms with Crippen LogP contribution in [0.3, 0.4) is 0 Å². The molecule has 2 aromatic rings. The lowest BCUT2D eigenvalue weighted by Gasteiger charge is -1.97. The van der Waals surface area contributed by atoms with Gasteiger partial charge < -0.3 is 5.32 Å². The lowest BCUT2D eigenvalue weighted by molar-refractivity contribution is -0.380. The van der Waals surface area contributed by atoms with E-state index < -0.39 is 0 Å². The number of hydrogen-bond acceptors (Lipinski definition) is 7. The van der Waals surface area contributed by atoms with Crippen LogP contribution < -0.4 is 5.32 Å². The van der Waals surface area contributed by atoms with Gasteiger partial charge in [-0.1, -0.05) is 22.7 Å². The average Bonchev–Trinajstić information content (AvgIpc) is 2.83. The Morgan fingerprint density at radius 1 is 1.56 bits per heavy atom. The maximum atomic E-state index is 10.5. The van der Waals surface area contributed by atoms with Crippen molar-refractivity contribution < 1.29 is 4.92 Å². The summed E-state index contributed by atoms with van der Waals surface area (Å²) in [4.78, 5) is 10.1. The van der Waals surface area contributed by atoms with E-state index in [-0.39, 0.29) is 9.92 Å². The smallest absolute Gasteiger partial charge is 0.324 e. The monoisotopic (exact) mass is 256 g/mol. The first kappa shape index (κ1) is 11.0. The lowest BCUT2D eigenvalue weighted by atomic mass is 10.3. The SMILES string of the molecule is Cc1nnc(NCc2csc([N+](=O)[O-])c2)s1. The molecule has 2 rings (SSSR count). The van der Waals surface area contributed by atoms with E-state index >= 15 is 0 Å². The van der Waals surface area contributed by atoms with Crippen LogP contribution in [0, 0.1) is 17.0 Å². The zero-order chi connectivity index (χ0) is 11.5. The van der Waals surface area contributed by atoms with E-state index in [0.717, 1.165) is 27.0 Å². The average molecular weight is 256 g/mol. The van der Waals surface area contributed by atoms with Crippen LogP contribution in [0.1, 0.15) is 10.6 Å². The van der Waals surface area contributed by atoms with Gasteiger partial charge in [-0.2, -0.15) is 0 Å². The Morgan fingerprint density at radius 2 is 2.38 bits per heavy atom. The van der Waals surface area contributed by atoms with E-state index in [1.807, 2.05) is 6.92 Å². The van der Waals surface area contributed by atoms with Crippen molar-refractivity contribution in [3.8, 4) is 0 Å². The summed E-state index contributed by atoms with van der Waals surface area (Å²) in [5, 5.41) is 24.8. The summed E-state index contributed by atoms with van der Waals surface area (Å²) in [5.74, 6) is 0. The van der Waals surface area contributed by atoms with Crippen molar-refractivity contribution >= 4 is 32.8 Å². The van der Waals surface area contributed by atoms with Gasteiger partial charge in [0, 0.05) is 18.0 Å². The van der Waals surface area contributed by atoms with Gasteiger partial charge in [0.1, 0.15) is 5.01 Å². The van der Waals surface area contributed by atoms with Crippen LogP contribution in [-0.4, -0.2) is 15.1 Å². The minimum atomic E-state index is -0.386.